The molecule has 1 fully saturated rings. The molecule has 112 valence electrons. The molecule has 1 aliphatic rings. The first kappa shape index (κ1) is 14.6. The highest BCUT2D eigenvalue weighted by atomic mass is 16.5. The van der Waals surface area contributed by atoms with Crippen LogP contribution in [0.4, 0.5) is 0 Å². The van der Waals surface area contributed by atoms with Crippen molar-refractivity contribution < 1.29 is 4.74 Å². The zero-order valence-electron chi connectivity index (χ0n) is 12.5. The second kappa shape index (κ2) is 7.06. The van der Waals surface area contributed by atoms with Crippen molar-refractivity contribution in [3.8, 4) is 23.1 Å². The Morgan fingerprint density at radius 2 is 1.91 bits per heavy atom. The highest BCUT2D eigenvalue weighted by Crippen LogP contribution is 2.23. The van der Waals surface area contributed by atoms with Gasteiger partial charge in [-0.2, -0.15) is 5.26 Å². The fourth-order valence-corrected chi connectivity index (χ4v) is 2.73. The summed E-state index contributed by atoms with van der Waals surface area (Å²) in [6.07, 6.45) is 4.32. The number of rotatable bonds is 5. The Bertz CT molecular complexity index is 655. The van der Waals surface area contributed by atoms with E-state index in [9.17, 15) is 0 Å². The Hall–Kier alpha value is -2.38. The van der Waals surface area contributed by atoms with E-state index in [1.807, 2.05) is 24.3 Å². The summed E-state index contributed by atoms with van der Waals surface area (Å²) >= 11 is 0. The van der Waals surface area contributed by atoms with Crippen LogP contribution in [-0.4, -0.2) is 36.1 Å². The number of benzene rings is 1. The number of likely N-dealkylation sites (tertiary alicyclic amines) is 1. The van der Waals surface area contributed by atoms with E-state index in [1.54, 1.807) is 18.3 Å². The van der Waals surface area contributed by atoms with Crippen molar-refractivity contribution >= 4 is 0 Å². The van der Waals surface area contributed by atoms with E-state index in [-0.39, 0.29) is 0 Å². The maximum absolute atomic E-state index is 9.13. The molecule has 0 spiro atoms. The third-order valence-electron chi connectivity index (χ3n) is 3.93. The van der Waals surface area contributed by atoms with Gasteiger partial charge in [0, 0.05) is 18.3 Å². The van der Waals surface area contributed by atoms with Gasteiger partial charge in [0.25, 0.3) is 0 Å². The number of nitrogens with zero attached hydrogens (tertiary/aromatic N) is 3. The molecule has 0 saturated carbocycles. The molecule has 1 aliphatic heterocycles. The molecule has 4 heteroatoms. The standard InChI is InChI=1S/C18H19N3O/c19-14-16-4-3-9-20-18(16)15-5-7-17(8-6-15)22-13-12-21-10-1-2-11-21/h3-9H,1-2,10-13H2. The minimum Gasteiger partial charge on any atom is -0.492 e. The van der Waals surface area contributed by atoms with Crippen molar-refractivity contribution in [1.82, 2.24) is 9.88 Å². The van der Waals surface area contributed by atoms with Crippen molar-refractivity contribution in [3.05, 3.63) is 48.2 Å². The first-order valence-corrected chi connectivity index (χ1v) is 7.67. The number of hydrogen-bond donors (Lipinski definition) is 0. The number of nitriles is 1. The van der Waals surface area contributed by atoms with Crippen LogP contribution in [0.5, 0.6) is 5.75 Å². The van der Waals surface area contributed by atoms with Crippen LogP contribution < -0.4 is 4.74 Å². The molecule has 4 nitrogen and oxygen atoms in total. The van der Waals surface area contributed by atoms with Gasteiger partial charge in [0.1, 0.15) is 18.4 Å². The molecule has 0 aliphatic carbocycles. The third kappa shape index (κ3) is 3.44. The molecule has 1 saturated heterocycles. The molecular formula is C18H19N3O. The van der Waals surface area contributed by atoms with E-state index < -0.39 is 0 Å². The van der Waals surface area contributed by atoms with E-state index in [4.69, 9.17) is 10.00 Å². The molecule has 2 aromatic rings. The second-order valence-corrected chi connectivity index (χ2v) is 5.43. The van der Waals surface area contributed by atoms with Gasteiger partial charge in [0.2, 0.25) is 0 Å². The lowest BCUT2D eigenvalue weighted by molar-refractivity contribution is 0.238. The molecule has 0 N–H and O–H groups in total. The fourth-order valence-electron chi connectivity index (χ4n) is 2.73. The highest BCUT2D eigenvalue weighted by Gasteiger charge is 2.11. The average Bonchev–Trinajstić information content (AvgIpc) is 3.09. The molecule has 1 aromatic carbocycles. The van der Waals surface area contributed by atoms with E-state index in [0.717, 1.165) is 17.9 Å². The number of hydrogen-bond acceptors (Lipinski definition) is 4. The van der Waals surface area contributed by atoms with Crippen LogP contribution in [0.25, 0.3) is 11.3 Å². The average molecular weight is 293 g/mol. The van der Waals surface area contributed by atoms with Gasteiger partial charge in [-0.25, -0.2) is 0 Å². The van der Waals surface area contributed by atoms with Crippen LogP contribution >= 0.6 is 0 Å². The van der Waals surface area contributed by atoms with Crippen molar-refractivity contribution in [2.45, 2.75) is 12.8 Å². The van der Waals surface area contributed by atoms with Crippen molar-refractivity contribution in [3.63, 3.8) is 0 Å². The number of pyridine rings is 1. The molecule has 0 amide bonds. The number of ether oxygens (including phenoxy) is 1. The number of aromatic nitrogens is 1. The Labute approximate surface area is 131 Å². The van der Waals surface area contributed by atoms with Crippen LogP contribution in [0.3, 0.4) is 0 Å². The van der Waals surface area contributed by atoms with Crippen molar-refractivity contribution in [1.29, 1.82) is 5.26 Å². The minimum atomic E-state index is 0.588. The molecular weight excluding hydrogens is 274 g/mol. The maximum Gasteiger partial charge on any atom is 0.119 e. The molecule has 0 radical (unpaired) electrons. The van der Waals surface area contributed by atoms with Gasteiger partial charge in [-0.05, 0) is 62.3 Å². The molecule has 1 aromatic heterocycles. The molecule has 22 heavy (non-hydrogen) atoms. The Balaban J connectivity index is 1.61. The van der Waals surface area contributed by atoms with E-state index in [1.165, 1.54) is 25.9 Å². The van der Waals surface area contributed by atoms with Crippen LogP contribution in [0, 0.1) is 11.3 Å². The predicted molar refractivity (Wildman–Crippen MR) is 85.6 cm³/mol. The van der Waals surface area contributed by atoms with Crippen molar-refractivity contribution in [2.75, 3.05) is 26.2 Å². The maximum atomic E-state index is 9.13. The van der Waals surface area contributed by atoms with E-state index in [2.05, 4.69) is 16.0 Å². The van der Waals surface area contributed by atoms with Gasteiger partial charge in [-0.15, -0.1) is 0 Å². The lowest BCUT2D eigenvalue weighted by Crippen LogP contribution is -2.25. The van der Waals surface area contributed by atoms with Gasteiger partial charge in [-0.1, -0.05) is 0 Å². The summed E-state index contributed by atoms with van der Waals surface area (Å²) < 4.78 is 5.79. The summed E-state index contributed by atoms with van der Waals surface area (Å²) in [6.45, 7) is 4.09. The summed E-state index contributed by atoms with van der Waals surface area (Å²) in [5, 5.41) is 9.13. The largest absolute Gasteiger partial charge is 0.492 e. The van der Waals surface area contributed by atoms with Gasteiger partial charge in [0.15, 0.2) is 0 Å². The second-order valence-electron chi connectivity index (χ2n) is 5.43. The highest BCUT2D eigenvalue weighted by molar-refractivity contribution is 5.66. The predicted octanol–water partition coefficient (Wildman–Crippen LogP) is 3.09. The Kier molecular flexibility index (Phi) is 4.67. The van der Waals surface area contributed by atoms with Crippen molar-refractivity contribution in [2.24, 2.45) is 0 Å². The topological polar surface area (TPSA) is 49.1 Å². The zero-order chi connectivity index (χ0) is 15.2. The SMILES string of the molecule is N#Cc1cccnc1-c1ccc(OCCN2CCCC2)cc1. The quantitative estimate of drug-likeness (QED) is 0.850. The van der Waals surface area contributed by atoms with E-state index >= 15 is 0 Å². The summed E-state index contributed by atoms with van der Waals surface area (Å²) in [4.78, 5) is 6.73. The summed E-state index contributed by atoms with van der Waals surface area (Å²) in [7, 11) is 0. The Morgan fingerprint density at radius 3 is 2.64 bits per heavy atom. The van der Waals surface area contributed by atoms with Crippen LogP contribution in [0.2, 0.25) is 0 Å². The van der Waals surface area contributed by atoms with Gasteiger partial charge >= 0.3 is 0 Å². The molecule has 0 atom stereocenters. The van der Waals surface area contributed by atoms with Gasteiger partial charge in [0.05, 0.1) is 11.3 Å². The lowest BCUT2D eigenvalue weighted by atomic mass is 10.1. The van der Waals surface area contributed by atoms with Gasteiger partial charge in [-0.3, -0.25) is 9.88 Å². The molecule has 3 rings (SSSR count). The molecule has 2 heterocycles. The normalized spacial score (nSPS) is 14.7. The van der Waals surface area contributed by atoms with Crippen LogP contribution in [-0.2, 0) is 0 Å². The third-order valence-corrected chi connectivity index (χ3v) is 3.93. The Morgan fingerprint density at radius 1 is 1.14 bits per heavy atom. The van der Waals surface area contributed by atoms with Crippen LogP contribution in [0.15, 0.2) is 42.6 Å². The molecule has 0 unspecified atom stereocenters. The monoisotopic (exact) mass is 293 g/mol. The fraction of sp³-hybridized carbons (Fsp3) is 0.333. The van der Waals surface area contributed by atoms with Crippen LogP contribution in [0.1, 0.15) is 18.4 Å². The van der Waals surface area contributed by atoms with Gasteiger partial charge < -0.3 is 4.74 Å². The first-order valence-electron chi connectivity index (χ1n) is 7.67. The smallest absolute Gasteiger partial charge is 0.119 e. The summed E-state index contributed by atoms with van der Waals surface area (Å²) in [6, 6.07) is 13.5. The summed E-state index contributed by atoms with van der Waals surface area (Å²) in [5.41, 5.74) is 2.24. The zero-order valence-corrected chi connectivity index (χ0v) is 12.5. The van der Waals surface area contributed by atoms with E-state index in [0.29, 0.717) is 17.9 Å². The minimum absolute atomic E-state index is 0.588. The summed E-state index contributed by atoms with van der Waals surface area (Å²) in [5.74, 6) is 0.859. The molecule has 0 bridgehead atoms. The first-order chi connectivity index (χ1) is 10.9. The lowest BCUT2D eigenvalue weighted by Gasteiger charge is -2.15.